The van der Waals surface area contributed by atoms with Gasteiger partial charge in [0, 0.05) is 59.9 Å². The number of aromatic nitrogens is 2. The first-order chi connectivity index (χ1) is 10.5. The third-order valence-electron chi connectivity index (χ3n) is 2.86. The monoisotopic (exact) mass is 451 g/mol. The van der Waals surface area contributed by atoms with Gasteiger partial charge in [-0.05, 0) is 26.0 Å². The molecule has 0 amide bonds. The van der Waals surface area contributed by atoms with Gasteiger partial charge in [-0.2, -0.15) is 0 Å². The van der Waals surface area contributed by atoms with Crippen LogP contribution in [-0.4, -0.2) is 28.1 Å². The van der Waals surface area contributed by atoms with Gasteiger partial charge in [-0.15, -0.1) is 0 Å². The second-order valence-corrected chi connectivity index (χ2v) is 6.97. The van der Waals surface area contributed by atoms with Crippen molar-refractivity contribution in [3.63, 3.8) is 0 Å². The van der Waals surface area contributed by atoms with Crippen LogP contribution < -0.4 is 5.32 Å². The molecule has 2 rings (SSSR count). The molecule has 0 saturated carbocycles. The Labute approximate surface area is 150 Å². The number of anilines is 1. The van der Waals surface area contributed by atoms with Crippen LogP contribution in [0.1, 0.15) is 24.3 Å². The molecule has 0 aliphatic carbocycles. The van der Waals surface area contributed by atoms with Gasteiger partial charge >= 0.3 is 5.97 Å². The fourth-order valence-electron chi connectivity index (χ4n) is 1.94. The van der Waals surface area contributed by atoms with E-state index in [0.29, 0.717) is 10.7 Å². The number of pyridine rings is 1. The molecule has 0 atom stereocenters. The maximum Gasteiger partial charge on any atom is 0.355 e. The summed E-state index contributed by atoms with van der Waals surface area (Å²) in [6.45, 7) is 4.07. The normalized spacial score (nSPS) is 10.8. The summed E-state index contributed by atoms with van der Waals surface area (Å²) in [6.07, 6.45) is 3.46. The highest BCUT2D eigenvalue weighted by molar-refractivity contribution is 14.2. The first-order valence-corrected chi connectivity index (χ1v) is 10.2. The Bertz CT molecular complexity index is 691. The molecule has 118 valence electrons. The van der Waals surface area contributed by atoms with Crippen LogP contribution in [0.15, 0.2) is 24.5 Å². The molecule has 0 aliphatic rings. The van der Waals surface area contributed by atoms with Crippen molar-refractivity contribution in [1.29, 1.82) is 0 Å². The van der Waals surface area contributed by atoms with Crippen molar-refractivity contribution in [3.05, 3.63) is 35.2 Å². The average Bonchev–Trinajstić information content (AvgIpc) is 2.92. The lowest BCUT2D eigenvalue weighted by Crippen LogP contribution is -2.10. The Balaban J connectivity index is 2.47. The largest absolute Gasteiger partial charge is 0.464 e. The Kier molecular flexibility index (Phi) is 5.99. The van der Waals surface area contributed by atoms with E-state index in [1.807, 2.05) is 26.1 Å². The first-order valence-electron chi connectivity index (χ1n) is 6.48. The van der Waals surface area contributed by atoms with Crippen LogP contribution >= 0.6 is 41.9 Å². The lowest BCUT2D eigenvalue weighted by molar-refractivity contribution is 0.0593. The number of hydrogen-bond donors (Lipinski definition) is 1. The van der Waals surface area contributed by atoms with E-state index >= 15 is 0 Å². The van der Waals surface area contributed by atoms with Crippen molar-refractivity contribution in [2.75, 3.05) is 12.4 Å². The van der Waals surface area contributed by atoms with Gasteiger partial charge in [-0.3, -0.25) is 3.97 Å². The summed E-state index contributed by atoms with van der Waals surface area (Å²) < 4.78 is 6.54. The molecule has 2 aromatic rings. The number of esters is 1. The maximum atomic E-state index is 11.8. The van der Waals surface area contributed by atoms with Gasteiger partial charge in [0.25, 0.3) is 0 Å². The Morgan fingerprint density at radius 2 is 2.23 bits per heavy atom. The minimum atomic E-state index is -0.388. The van der Waals surface area contributed by atoms with Crippen LogP contribution in [-0.2, 0) is 4.74 Å². The van der Waals surface area contributed by atoms with Crippen molar-refractivity contribution in [1.82, 2.24) is 8.96 Å². The predicted octanol–water partition coefficient (Wildman–Crippen LogP) is 4.66. The second-order valence-electron chi connectivity index (χ2n) is 4.85. The summed E-state index contributed by atoms with van der Waals surface area (Å²) in [6, 6.07) is 3.90. The van der Waals surface area contributed by atoms with Gasteiger partial charge in [0.15, 0.2) is 0 Å². The van der Waals surface area contributed by atoms with Crippen molar-refractivity contribution in [3.8, 4) is 11.1 Å². The lowest BCUT2D eigenvalue weighted by atomic mass is 10.1. The molecule has 8 heteroatoms. The van der Waals surface area contributed by atoms with E-state index in [9.17, 15) is 4.79 Å². The number of nitrogens with zero attached hydrogens (tertiary/aromatic N) is 2. The molecular weight excluding hydrogens is 437 g/mol. The summed E-state index contributed by atoms with van der Waals surface area (Å²) in [4.78, 5) is 16.1. The van der Waals surface area contributed by atoms with E-state index in [1.54, 1.807) is 16.2 Å². The van der Waals surface area contributed by atoms with Crippen LogP contribution in [0.5, 0.6) is 0 Å². The summed E-state index contributed by atoms with van der Waals surface area (Å²) >= 11 is 8.37. The number of carbonyl (C=O) groups is 1. The molecule has 0 saturated heterocycles. The van der Waals surface area contributed by atoms with Crippen LogP contribution in [0.3, 0.4) is 0 Å². The Morgan fingerprint density at radius 3 is 2.82 bits per heavy atom. The molecule has 1 N–H and O–H groups in total. The highest BCUT2D eigenvalue weighted by Gasteiger charge is 2.17. The van der Waals surface area contributed by atoms with Gasteiger partial charge in [-0.1, -0.05) is 11.6 Å². The molecule has 22 heavy (non-hydrogen) atoms. The smallest absolute Gasteiger partial charge is 0.355 e. The summed E-state index contributed by atoms with van der Waals surface area (Å²) in [5.74, 6) is 0.352. The topological polar surface area (TPSA) is 56.1 Å². The van der Waals surface area contributed by atoms with Crippen molar-refractivity contribution in [2.45, 2.75) is 19.9 Å². The number of hydrogen-bond acceptors (Lipinski definition) is 5. The maximum absolute atomic E-state index is 11.8. The number of methoxy groups -OCH3 is 1. The molecule has 0 bridgehead atoms. The molecule has 0 aromatic carbocycles. The van der Waals surface area contributed by atoms with E-state index < -0.39 is 0 Å². The number of nitrogens with one attached hydrogen (secondary N) is 1. The Morgan fingerprint density at radius 1 is 1.50 bits per heavy atom. The van der Waals surface area contributed by atoms with E-state index in [1.165, 1.54) is 16.2 Å². The SMILES string of the molecule is COC(=O)c1cc(-c2cc(NC(C)C)ncc2Cl)cn1SI. The van der Waals surface area contributed by atoms with Gasteiger partial charge in [0.1, 0.15) is 11.5 Å². The van der Waals surface area contributed by atoms with Gasteiger partial charge in [-0.25, -0.2) is 9.78 Å². The quantitative estimate of drug-likeness (QED) is 0.529. The molecule has 0 aliphatic heterocycles. The third kappa shape index (κ3) is 3.88. The van der Waals surface area contributed by atoms with E-state index in [2.05, 4.69) is 31.5 Å². The fourth-order valence-corrected chi connectivity index (χ4v) is 3.48. The molecule has 5 nitrogen and oxygen atoms in total. The number of halogens is 2. The van der Waals surface area contributed by atoms with Gasteiger partial charge < -0.3 is 10.1 Å². The van der Waals surface area contributed by atoms with Crippen molar-refractivity contribution < 1.29 is 9.53 Å². The van der Waals surface area contributed by atoms with Crippen molar-refractivity contribution in [2.24, 2.45) is 0 Å². The van der Waals surface area contributed by atoms with Crippen molar-refractivity contribution >= 4 is 53.7 Å². The predicted molar refractivity (Wildman–Crippen MR) is 99.8 cm³/mol. The van der Waals surface area contributed by atoms with E-state index in [4.69, 9.17) is 16.3 Å². The molecule has 0 fully saturated rings. The zero-order valence-electron chi connectivity index (χ0n) is 12.3. The highest BCUT2D eigenvalue weighted by Crippen LogP contribution is 2.33. The van der Waals surface area contributed by atoms with E-state index in [0.717, 1.165) is 16.9 Å². The number of ether oxygens (including phenoxy) is 1. The molecular formula is C14H15ClIN3O2S. The van der Waals surface area contributed by atoms with Crippen LogP contribution in [0.25, 0.3) is 11.1 Å². The van der Waals surface area contributed by atoms with Crippen LogP contribution in [0.2, 0.25) is 5.02 Å². The molecule has 2 heterocycles. The standard InChI is InChI=1S/C14H15ClIN3O2S/c1-8(2)18-13-5-10(11(15)6-17-13)9-4-12(14(20)21-3)19(7-9)22-16/h4-8H,1-3H3,(H,17,18). The van der Waals surface area contributed by atoms with Crippen LogP contribution in [0.4, 0.5) is 5.82 Å². The van der Waals surface area contributed by atoms with Gasteiger partial charge in [0.05, 0.1) is 12.1 Å². The summed E-state index contributed by atoms with van der Waals surface area (Å²) in [5, 5.41) is 3.77. The first kappa shape index (κ1) is 17.4. The molecule has 0 unspecified atom stereocenters. The molecule has 2 aromatic heterocycles. The summed E-state index contributed by atoms with van der Waals surface area (Å²) in [5.41, 5.74) is 2.11. The zero-order valence-corrected chi connectivity index (χ0v) is 16.0. The lowest BCUT2D eigenvalue weighted by Gasteiger charge is -2.10. The molecule has 0 radical (unpaired) electrons. The second kappa shape index (κ2) is 7.56. The highest BCUT2D eigenvalue weighted by atomic mass is 127. The number of rotatable bonds is 5. The third-order valence-corrected chi connectivity index (χ3v) is 4.88. The summed E-state index contributed by atoms with van der Waals surface area (Å²) in [7, 11) is 2.75. The minimum Gasteiger partial charge on any atom is -0.464 e. The van der Waals surface area contributed by atoms with Crippen LogP contribution in [0, 0.1) is 0 Å². The Hall–Kier alpha value is -0.930. The molecule has 0 spiro atoms. The van der Waals surface area contributed by atoms with E-state index in [-0.39, 0.29) is 12.0 Å². The zero-order chi connectivity index (χ0) is 16.3. The minimum absolute atomic E-state index is 0.265. The van der Waals surface area contributed by atoms with Gasteiger partial charge in [0.2, 0.25) is 0 Å². The number of carbonyl (C=O) groups excluding carboxylic acids is 1. The average molecular weight is 452 g/mol. The fraction of sp³-hybridized carbons (Fsp3) is 0.286.